The monoisotopic (exact) mass is 357 g/mol. The van der Waals surface area contributed by atoms with Crippen LogP contribution in [-0.4, -0.2) is 5.97 Å². The lowest BCUT2D eigenvalue weighted by atomic mass is 10.2. The summed E-state index contributed by atoms with van der Waals surface area (Å²) in [5.41, 5.74) is 6.75. The minimum Gasteiger partial charge on any atom is -0.457 e. The second kappa shape index (κ2) is 6.24. The molecule has 2 aromatic rings. The van der Waals surface area contributed by atoms with Gasteiger partial charge in [0.1, 0.15) is 12.4 Å². The lowest BCUT2D eigenvalue weighted by Gasteiger charge is -2.07. The fraction of sp³-hybridized carbons (Fsp3) is 0.0714. The molecule has 0 aliphatic heterocycles. The number of rotatable bonds is 3. The predicted octanol–water partition coefficient (Wildman–Crippen LogP) is 4.18. The largest absolute Gasteiger partial charge is 0.457 e. The molecule has 0 radical (unpaired) electrons. The number of benzene rings is 2. The van der Waals surface area contributed by atoms with Crippen LogP contribution in [0.2, 0.25) is 5.02 Å². The van der Waals surface area contributed by atoms with Gasteiger partial charge in [-0.3, -0.25) is 0 Å². The van der Waals surface area contributed by atoms with Crippen LogP contribution in [0.1, 0.15) is 15.9 Å². The van der Waals surface area contributed by atoms with Gasteiger partial charge in [-0.15, -0.1) is 0 Å². The first-order chi connectivity index (χ1) is 9.45. The Morgan fingerprint density at radius 3 is 2.70 bits per heavy atom. The fourth-order valence-electron chi connectivity index (χ4n) is 1.60. The van der Waals surface area contributed by atoms with E-state index >= 15 is 0 Å². The molecule has 0 aliphatic rings. The molecule has 0 fully saturated rings. The molecule has 20 heavy (non-hydrogen) atoms. The minimum absolute atomic E-state index is 0.0300. The number of carbonyl (C=O) groups excluding carboxylic acids is 1. The summed E-state index contributed by atoms with van der Waals surface area (Å²) < 4.78 is 18.8. The molecule has 0 unspecified atom stereocenters. The summed E-state index contributed by atoms with van der Waals surface area (Å²) in [5, 5.41) is 0.371. The molecule has 104 valence electrons. The Morgan fingerprint density at radius 1 is 1.30 bits per heavy atom. The lowest BCUT2D eigenvalue weighted by Crippen LogP contribution is -2.06. The summed E-state index contributed by atoms with van der Waals surface area (Å²) in [6.45, 7) is -0.0300. The second-order valence-corrected chi connectivity index (χ2v) is 5.41. The molecule has 0 atom stereocenters. The van der Waals surface area contributed by atoms with E-state index in [1.165, 1.54) is 30.3 Å². The Balaban J connectivity index is 2.06. The Labute approximate surface area is 128 Å². The van der Waals surface area contributed by atoms with Crippen molar-refractivity contribution >= 4 is 39.2 Å². The zero-order chi connectivity index (χ0) is 14.7. The molecule has 2 aromatic carbocycles. The molecule has 0 aromatic heterocycles. The number of esters is 1. The van der Waals surface area contributed by atoms with Gasteiger partial charge in [0.25, 0.3) is 0 Å². The third-order valence-corrected chi connectivity index (χ3v) is 3.33. The number of nitrogens with two attached hydrogens (primary N) is 1. The van der Waals surface area contributed by atoms with Crippen LogP contribution in [0.3, 0.4) is 0 Å². The van der Waals surface area contributed by atoms with Crippen LogP contribution in [0.15, 0.2) is 40.9 Å². The van der Waals surface area contributed by atoms with E-state index in [0.29, 0.717) is 26.3 Å². The van der Waals surface area contributed by atoms with Crippen LogP contribution >= 0.6 is 27.5 Å². The first-order valence-corrected chi connectivity index (χ1v) is 6.80. The average molecular weight is 359 g/mol. The summed E-state index contributed by atoms with van der Waals surface area (Å²) >= 11 is 8.94. The maximum atomic E-state index is 13.2. The van der Waals surface area contributed by atoms with Gasteiger partial charge in [-0.2, -0.15) is 0 Å². The highest BCUT2D eigenvalue weighted by Gasteiger charge is 2.10. The lowest BCUT2D eigenvalue weighted by molar-refractivity contribution is 0.0472. The van der Waals surface area contributed by atoms with Crippen LogP contribution in [0.4, 0.5) is 10.1 Å². The van der Waals surface area contributed by atoms with Crippen LogP contribution in [0.25, 0.3) is 0 Å². The number of hydrogen-bond donors (Lipinski definition) is 1. The molecule has 0 aliphatic carbocycles. The molecule has 0 spiro atoms. The van der Waals surface area contributed by atoms with Crippen molar-refractivity contribution in [2.45, 2.75) is 6.61 Å². The Kier molecular flexibility index (Phi) is 4.62. The highest BCUT2D eigenvalue weighted by atomic mass is 79.9. The maximum absolute atomic E-state index is 13.2. The van der Waals surface area contributed by atoms with Crippen molar-refractivity contribution in [3.8, 4) is 0 Å². The van der Waals surface area contributed by atoms with E-state index in [1.54, 1.807) is 6.07 Å². The van der Waals surface area contributed by atoms with E-state index in [2.05, 4.69) is 15.9 Å². The molecule has 0 amide bonds. The van der Waals surface area contributed by atoms with Crippen molar-refractivity contribution in [2.24, 2.45) is 0 Å². The van der Waals surface area contributed by atoms with Crippen molar-refractivity contribution in [1.82, 2.24) is 0 Å². The number of hydrogen-bond acceptors (Lipinski definition) is 3. The Hall–Kier alpha value is -1.59. The van der Waals surface area contributed by atoms with Gasteiger partial charge in [-0.1, -0.05) is 27.5 Å². The first kappa shape index (κ1) is 14.8. The highest BCUT2D eigenvalue weighted by Crippen LogP contribution is 2.20. The summed E-state index contributed by atoms with van der Waals surface area (Å²) in [7, 11) is 0. The molecular weight excluding hydrogens is 349 g/mol. The van der Waals surface area contributed by atoms with Gasteiger partial charge < -0.3 is 10.5 Å². The van der Waals surface area contributed by atoms with Crippen molar-refractivity contribution in [2.75, 3.05) is 5.73 Å². The molecule has 2 rings (SSSR count). The smallest absolute Gasteiger partial charge is 0.338 e. The topological polar surface area (TPSA) is 52.3 Å². The number of anilines is 1. The second-order valence-electron chi connectivity index (χ2n) is 4.09. The average Bonchev–Trinajstić information content (AvgIpc) is 2.38. The summed E-state index contributed by atoms with van der Waals surface area (Å²) in [6, 6.07) is 8.77. The van der Waals surface area contributed by atoms with Crippen LogP contribution in [-0.2, 0) is 11.3 Å². The number of ether oxygens (including phenoxy) is 1. The molecule has 0 saturated heterocycles. The van der Waals surface area contributed by atoms with Crippen molar-refractivity contribution < 1.29 is 13.9 Å². The van der Waals surface area contributed by atoms with Crippen LogP contribution in [0.5, 0.6) is 0 Å². The zero-order valence-corrected chi connectivity index (χ0v) is 12.5. The van der Waals surface area contributed by atoms with E-state index in [-0.39, 0.29) is 6.61 Å². The van der Waals surface area contributed by atoms with E-state index in [9.17, 15) is 9.18 Å². The SMILES string of the molecule is Nc1cc(C(=O)OCc2cc(F)cc(Br)c2)ccc1Cl. The van der Waals surface area contributed by atoms with Crippen LogP contribution in [0, 0.1) is 5.82 Å². The van der Waals surface area contributed by atoms with Crippen molar-refractivity contribution in [3.05, 3.63) is 62.8 Å². The molecule has 6 heteroatoms. The van der Waals surface area contributed by atoms with Crippen molar-refractivity contribution in [3.63, 3.8) is 0 Å². The maximum Gasteiger partial charge on any atom is 0.338 e. The van der Waals surface area contributed by atoms with E-state index < -0.39 is 11.8 Å². The highest BCUT2D eigenvalue weighted by molar-refractivity contribution is 9.10. The van der Waals surface area contributed by atoms with E-state index in [1.807, 2.05) is 0 Å². The van der Waals surface area contributed by atoms with E-state index in [4.69, 9.17) is 22.1 Å². The standard InChI is InChI=1S/C14H10BrClFNO2/c15-10-3-8(4-11(17)6-10)7-20-14(19)9-1-2-12(16)13(18)5-9/h1-6H,7,18H2. The quantitative estimate of drug-likeness (QED) is 0.661. The molecule has 3 nitrogen and oxygen atoms in total. The normalized spacial score (nSPS) is 10.3. The molecular formula is C14H10BrClFNO2. The number of carbonyl (C=O) groups is 1. The summed E-state index contributed by atoms with van der Waals surface area (Å²) in [6.07, 6.45) is 0. The minimum atomic E-state index is -0.547. The van der Waals surface area contributed by atoms with Crippen LogP contribution < -0.4 is 5.73 Å². The van der Waals surface area contributed by atoms with Gasteiger partial charge in [0.05, 0.1) is 16.3 Å². The van der Waals surface area contributed by atoms with Gasteiger partial charge in [-0.25, -0.2) is 9.18 Å². The number of halogens is 3. The number of nitrogen functional groups attached to an aromatic ring is 1. The summed E-state index contributed by atoms with van der Waals surface area (Å²) in [4.78, 5) is 11.8. The predicted molar refractivity (Wildman–Crippen MR) is 79.1 cm³/mol. The van der Waals surface area contributed by atoms with Gasteiger partial charge in [0.2, 0.25) is 0 Å². The molecule has 0 heterocycles. The van der Waals surface area contributed by atoms with Gasteiger partial charge >= 0.3 is 5.97 Å². The van der Waals surface area contributed by atoms with Gasteiger partial charge in [0, 0.05) is 4.47 Å². The summed E-state index contributed by atoms with van der Waals surface area (Å²) in [5.74, 6) is -0.949. The van der Waals surface area contributed by atoms with Gasteiger partial charge in [0.15, 0.2) is 0 Å². The fourth-order valence-corrected chi connectivity index (χ4v) is 2.23. The van der Waals surface area contributed by atoms with E-state index in [0.717, 1.165) is 0 Å². The molecule has 2 N–H and O–H groups in total. The third-order valence-electron chi connectivity index (χ3n) is 2.52. The Bertz CT molecular complexity index is 643. The molecule has 0 saturated carbocycles. The third kappa shape index (κ3) is 3.71. The van der Waals surface area contributed by atoms with Gasteiger partial charge in [-0.05, 0) is 42.0 Å². The zero-order valence-electron chi connectivity index (χ0n) is 10.2. The van der Waals surface area contributed by atoms with Crippen molar-refractivity contribution in [1.29, 1.82) is 0 Å². The first-order valence-electron chi connectivity index (χ1n) is 5.63. The Morgan fingerprint density at radius 2 is 2.05 bits per heavy atom. The molecule has 0 bridgehead atoms.